The van der Waals surface area contributed by atoms with Crippen LogP contribution in [0.2, 0.25) is 0 Å². The van der Waals surface area contributed by atoms with Crippen molar-refractivity contribution in [2.24, 2.45) is 5.92 Å². The van der Waals surface area contributed by atoms with Crippen molar-refractivity contribution in [1.82, 2.24) is 5.32 Å². The van der Waals surface area contributed by atoms with Gasteiger partial charge in [0.05, 0.1) is 6.61 Å². The van der Waals surface area contributed by atoms with Gasteiger partial charge in [-0.3, -0.25) is 0 Å². The van der Waals surface area contributed by atoms with Crippen molar-refractivity contribution in [3.8, 4) is 0 Å². The van der Waals surface area contributed by atoms with Crippen LogP contribution in [0.15, 0.2) is 18.2 Å². The summed E-state index contributed by atoms with van der Waals surface area (Å²) in [6.45, 7) is 3.95. The van der Waals surface area contributed by atoms with E-state index in [4.69, 9.17) is 4.74 Å². The van der Waals surface area contributed by atoms with E-state index in [1.807, 2.05) is 0 Å². The molecule has 1 N–H and O–H groups in total. The minimum absolute atomic E-state index is 0.250. The summed E-state index contributed by atoms with van der Waals surface area (Å²) in [7, 11) is 0. The summed E-state index contributed by atoms with van der Waals surface area (Å²) in [5.41, 5.74) is 0.371. The van der Waals surface area contributed by atoms with Gasteiger partial charge in [-0.15, -0.1) is 0 Å². The van der Waals surface area contributed by atoms with Crippen molar-refractivity contribution in [2.75, 3.05) is 13.2 Å². The zero-order valence-corrected chi connectivity index (χ0v) is 9.88. The van der Waals surface area contributed by atoms with Crippen molar-refractivity contribution in [1.29, 1.82) is 0 Å². The third-order valence-electron chi connectivity index (χ3n) is 3.29. The maximum absolute atomic E-state index is 13.4. The first kappa shape index (κ1) is 12.5. The van der Waals surface area contributed by atoms with Crippen LogP contribution < -0.4 is 5.32 Å². The molecule has 1 heterocycles. The lowest BCUT2D eigenvalue weighted by molar-refractivity contribution is 0.178. The molecule has 17 heavy (non-hydrogen) atoms. The third kappa shape index (κ3) is 3.23. The van der Waals surface area contributed by atoms with Gasteiger partial charge in [0.15, 0.2) is 0 Å². The molecule has 2 unspecified atom stereocenters. The summed E-state index contributed by atoms with van der Waals surface area (Å²) < 4.78 is 31.6. The normalized spacial score (nSPS) is 21.7. The molecule has 0 bridgehead atoms. The zero-order chi connectivity index (χ0) is 12.3. The highest BCUT2D eigenvalue weighted by atomic mass is 19.1. The molecule has 0 amide bonds. The molecule has 0 radical (unpaired) electrons. The summed E-state index contributed by atoms with van der Waals surface area (Å²) in [4.78, 5) is 0. The third-order valence-corrected chi connectivity index (χ3v) is 3.29. The molecule has 0 saturated carbocycles. The molecule has 2 rings (SSSR count). The summed E-state index contributed by atoms with van der Waals surface area (Å²) in [5, 5.41) is 3.22. The van der Waals surface area contributed by atoms with Gasteiger partial charge >= 0.3 is 0 Å². The smallest absolute Gasteiger partial charge is 0.127 e. The lowest BCUT2D eigenvalue weighted by Gasteiger charge is -2.19. The fourth-order valence-electron chi connectivity index (χ4n) is 2.06. The molecule has 1 aliphatic rings. The van der Waals surface area contributed by atoms with Crippen LogP contribution in [0.5, 0.6) is 0 Å². The van der Waals surface area contributed by atoms with Crippen molar-refractivity contribution in [2.45, 2.75) is 25.9 Å². The Morgan fingerprint density at radius 3 is 3.00 bits per heavy atom. The van der Waals surface area contributed by atoms with Crippen molar-refractivity contribution in [3.63, 3.8) is 0 Å². The minimum Gasteiger partial charge on any atom is -0.381 e. The average molecular weight is 241 g/mol. The molecule has 0 spiro atoms. The first-order chi connectivity index (χ1) is 8.16. The van der Waals surface area contributed by atoms with Crippen LogP contribution in [0, 0.1) is 17.6 Å². The minimum atomic E-state index is -0.403. The number of nitrogens with one attached hydrogen (secondary N) is 1. The molecular weight excluding hydrogens is 224 g/mol. The predicted octanol–water partition coefficient (Wildman–Crippen LogP) is 2.48. The molecule has 94 valence electrons. The number of benzene rings is 1. The Labute approximate surface area is 100.0 Å². The van der Waals surface area contributed by atoms with Gasteiger partial charge < -0.3 is 10.1 Å². The van der Waals surface area contributed by atoms with Crippen molar-refractivity contribution in [3.05, 3.63) is 35.4 Å². The van der Waals surface area contributed by atoms with E-state index in [1.54, 1.807) is 0 Å². The quantitative estimate of drug-likeness (QED) is 0.874. The zero-order valence-electron chi connectivity index (χ0n) is 9.88. The maximum Gasteiger partial charge on any atom is 0.127 e. The van der Waals surface area contributed by atoms with Gasteiger partial charge in [-0.1, -0.05) is 0 Å². The van der Waals surface area contributed by atoms with Gasteiger partial charge in [-0.25, -0.2) is 8.78 Å². The predicted molar refractivity (Wildman–Crippen MR) is 61.6 cm³/mol. The van der Waals surface area contributed by atoms with E-state index in [0.717, 1.165) is 31.8 Å². The van der Waals surface area contributed by atoms with E-state index in [0.29, 0.717) is 18.0 Å². The Morgan fingerprint density at radius 2 is 2.29 bits per heavy atom. The summed E-state index contributed by atoms with van der Waals surface area (Å²) in [5.74, 6) is -0.305. The molecule has 1 saturated heterocycles. The lowest BCUT2D eigenvalue weighted by Crippen LogP contribution is -2.33. The van der Waals surface area contributed by atoms with Crippen LogP contribution in [0.3, 0.4) is 0 Å². The second-order valence-corrected chi connectivity index (χ2v) is 4.53. The topological polar surface area (TPSA) is 21.3 Å². The van der Waals surface area contributed by atoms with Crippen LogP contribution in [-0.2, 0) is 11.3 Å². The fourth-order valence-corrected chi connectivity index (χ4v) is 2.06. The van der Waals surface area contributed by atoms with E-state index >= 15 is 0 Å². The molecular formula is C13H17F2NO. The molecule has 2 nitrogen and oxygen atoms in total. The molecule has 2 atom stereocenters. The maximum atomic E-state index is 13.4. The summed E-state index contributed by atoms with van der Waals surface area (Å²) in [6.07, 6.45) is 1.03. The second kappa shape index (κ2) is 5.56. The van der Waals surface area contributed by atoms with E-state index in [-0.39, 0.29) is 11.9 Å². The van der Waals surface area contributed by atoms with E-state index in [9.17, 15) is 8.78 Å². The highest BCUT2D eigenvalue weighted by molar-refractivity contribution is 5.18. The first-order valence-electron chi connectivity index (χ1n) is 5.92. The summed E-state index contributed by atoms with van der Waals surface area (Å²) >= 11 is 0. The van der Waals surface area contributed by atoms with E-state index in [2.05, 4.69) is 12.2 Å². The second-order valence-electron chi connectivity index (χ2n) is 4.53. The largest absolute Gasteiger partial charge is 0.381 e. The molecule has 0 aliphatic carbocycles. The Morgan fingerprint density at radius 1 is 1.47 bits per heavy atom. The average Bonchev–Trinajstić information content (AvgIpc) is 2.83. The Kier molecular flexibility index (Phi) is 4.07. The van der Waals surface area contributed by atoms with Crippen LogP contribution in [0.4, 0.5) is 8.78 Å². The number of rotatable bonds is 4. The standard InChI is InChI=1S/C13H17F2NO/c1-9(10-4-5-17-8-10)16-7-11-6-12(14)2-3-13(11)15/h2-3,6,9-10,16H,4-5,7-8H2,1H3. The number of hydrogen-bond acceptors (Lipinski definition) is 2. The van der Waals surface area contributed by atoms with Gasteiger partial charge in [0.1, 0.15) is 11.6 Å². The lowest BCUT2D eigenvalue weighted by atomic mass is 10.0. The van der Waals surface area contributed by atoms with E-state index < -0.39 is 5.82 Å². The molecule has 1 aliphatic heterocycles. The van der Waals surface area contributed by atoms with Gasteiger partial charge in [0.25, 0.3) is 0 Å². The van der Waals surface area contributed by atoms with Gasteiger partial charge in [0.2, 0.25) is 0 Å². The van der Waals surface area contributed by atoms with Gasteiger partial charge in [0, 0.05) is 24.8 Å². The van der Waals surface area contributed by atoms with Gasteiger partial charge in [-0.05, 0) is 37.5 Å². The number of ether oxygens (including phenoxy) is 1. The molecule has 1 aromatic rings. The van der Waals surface area contributed by atoms with Crippen molar-refractivity contribution < 1.29 is 13.5 Å². The monoisotopic (exact) mass is 241 g/mol. The van der Waals surface area contributed by atoms with Crippen LogP contribution in [0.1, 0.15) is 18.9 Å². The Bertz CT molecular complexity index is 378. The number of hydrogen-bond donors (Lipinski definition) is 1. The van der Waals surface area contributed by atoms with E-state index in [1.165, 1.54) is 6.07 Å². The summed E-state index contributed by atoms with van der Waals surface area (Å²) in [6, 6.07) is 3.78. The Hall–Kier alpha value is -1.00. The highest BCUT2D eigenvalue weighted by Gasteiger charge is 2.21. The molecule has 0 aromatic heterocycles. The van der Waals surface area contributed by atoms with Crippen LogP contribution in [0.25, 0.3) is 0 Å². The number of halogens is 2. The molecule has 4 heteroatoms. The molecule has 1 aromatic carbocycles. The fraction of sp³-hybridized carbons (Fsp3) is 0.538. The Balaban J connectivity index is 1.90. The van der Waals surface area contributed by atoms with Crippen LogP contribution in [-0.4, -0.2) is 19.3 Å². The SMILES string of the molecule is CC(NCc1cc(F)ccc1F)C1CCOC1. The van der Waals surface area contributed by atoms with Crippen LogP contribution >= 0.6 is 0 Å². The highest BCUT2D eigenvalue weighted by Crippen LogP contribution is 2.17. The van der Waals surface area contributed by atoms with Crippen molar-refractivity contribution >= 4 is 0 Å². The molecule has 1 fully saturated rings. The first-order valence-corrected chi connectivity index (χ1v) is 5.92. The van der Waals surface area contributed by atoms with Gasteiger partial charge in [-0.2, -0.15) is 0 Å².